The minimum atomic E-state index is -1.19. The molecule has 120 valence electrons. The van der Waals surface area contributed by atoms with Crippen LogP contribution in [0.15, 0.2) is 12.1 Å². The summed E-state index contributed by atoms with van der Waals surface area (Å²) in [6.07, 6.45) is 0.744. The summed E-state index contributed by atoms with van der Waals surface area (Å²) in [6.45, 7) is 1.66. The molecule has 6 nitrogen and oxygen atoms in total. The van der Waals surface area contributed by atoms with E-state index in [-0.39, 0.29) is 10.6 Å². The van der Waals surface area contributed by atoms with Gasteiger partial charge in [-0.25, -0.2) is 9.69 Å². The highest BCUT2D eigenvalue weighted by Gasteiger charge is 2.62. The number of hydrogen-bond acceptors (Lipinski definition) is 4. The van der Waals surface area contributed by atoms with Gasteiger partial charge in [0.1, 0.15) is 11.6 Å². The number of urea groups is 1. The van der Waals surface area contributed by atoms with Crippen LogP contribution in [0.25, 0.3) is 0 Å². The second-order valence-corrected chi connectivity index (χ2v) is 6.38. The molecule has 1 aliphatic carbocycles. The van der Waals surface area contributed by atoms with Gasteiger partial charge in [0.2, 0.25) is 0 Å². The van der Waals surface area contributed by atoms with E-state index in [1.807, 2.05) is 6.07 Å². The number of imide groups is 1. The summed E-state index contributed by atoms with van der Waals surface area (Å²) in [5, 5.41) is 19.5. The lowest BCUT2D eigenvalue weighted by Gasteiger charge is -2.31. The second-order valence-electron chi connectivity index (χ2n) is 6.00. The Balaban J connectivity index is 2.12. The SMILES string of the molecule is Cc1c(N2C(=O)N(C)[C@]3(CCC[C@@H]3O)C2=O)ccc(C#N)c1Cl. The molecule has 7 heteroatoms. The summed E-state index contributed by atoms with van der Waals surface area (Å²) < 4.78 is 0. The molecule has 2 fully saturated rings. The zero-order valence-electron chi connectivity index (χ0n) is 12.8. The highest BCUT2D eigenvalue weighted by Crippen LogP contribution is 2.44. The molecule has 1 spiro atoms. The zero-order chi connectivity index (χ0) is 16.9. The minimum absolute atomic E-state index is 0.223. The lowest BCUT2D eigenvalue weighted by atomic mass is 9.93. The molecule has 3 amide bonds. The molecule has 1 aromatic rings. The first-order valence-electron chi connectivity index (χ1n) is 7.36. The maximum Gasteiger partial charge on any atom is 0.332 e. The molecule has 0 aromatic heterocycles. The number of halogens is 1. The molecule has 1 saturated carbocycles. The normalized spacial score (nSPS) is 27.2. The van der Waals surface area contributed by atoms with E-state index in [2.05, 4.69) is 0 Å². The molecule has 0 radical (unpaired) electrons. The van der Waals surface area contributed by atoms with E-state index in [0.717, 1.165) is 4.90 Å². The number of amides is 3. The van der Waals surface area contributed by atoms with Crippen molar-refractivity contribution >= 4 is 29.2 Å². The van der Waals surface area contributed by atoms with E-state index in [1.165, 1.54) is 18.0 Å². The number of likely N-dealkylation sites (N-methyl/N-ethyl adjacent to an activating group) is 1. The summed E-state index contributed by atoms with van der Waals surface area (Å²) in [4.78, 5) is 28.0. The third-order valence-electron chi connectivity index (χ3n) is 4.96. The van der Waals surface area contributed by atoms with Gasteiger partial charge in [-0.15, -0.1) is 0 Å². The summed E-state index contributed by atoms with van der Waals surface area (Å²) in [6, 6.07) is 4.52. The first kappa shape index (κ1) is 15.8. The number of carbonyl (C=O) groups is 2. The van der Waals surface area contributed by atoms with Gasteiger partial charge in [-0.1, -0.05) is 11.6 Å². The van der Waals surface area contributed by atoms with E-state index >= 15 is 0 Å². The Hall–Kier alpha value is -2.10. The Kier molecular flexibility index (Phi) is 3.58. The summed E-state index contributed by atoms with van der Waals surface area (Å²) in [7, 11) is 1.54. The molecule has 0 unspecified atom stereocenters. The van der Waals surface area contributed by atoms with Gasteiger partial charge in [0.25, 0.3) is 5.91 Å². The van der Waals surface area contributed by atoms with Gasteiger partial charge in [0, 0.05) is 7.05 Å². The number of benzene rings is 1. The lowest BCUT2D eigenvalue weighted by Crippen LogP contribution is -2.53. The molecular formula is C16H16ClN3O3. The fourth-order valence-electron chi connectivity index (χ4n) is 3.57. The molecule has 2 aliphatic rings. The number of carbonyl (C=O) groups excluding carboxylic acids is 2. The number of rotatable bonds is 1. The predicted octanol–water partition coefficient (Wildman–Crippen LogP) is 2.20. The van der Waals surface area contributed by atoms with Crippen LogP contribution in [0.1, 0.15) is 30.4 Å². The fraction of sp³-hybridized carbons (Fsp3) is 0.438. The molecule has 3 rings (SSSR count). The highest BCUT2D eigenvalue weighted by molar-refractivity contribution is 6.33. The van der Waals surface area contributed by atoms with Crippen molar-refractivity contribution in [3.8, 4) is 6.07 Å². The van der Waals surface area contributed by atoms with Crippen molar-refractivity contribution in [2.24, 2.45) is 0 Å². The average molecular weight is 334 g/mol. The Morgan fingerprint density at radius 1 is 1.43 bits per heavy atom. The number of nitriles is 1. The van der Waals surface area contributed by atoms with Crippen molar-refractivity contribution in [1.82, 2.24) is 4.90 Å². The van der Waals surface area contributed by atoms with Crippen molar-refractivity contribution in [2.45, 2.75) is 37.8 Å². The third-order valence-corrected chi connectivity index (χ3v) is 5.44. The Labute approximate surface area is 138 Å². The second kappa shape index (κ2) is 5.22. The maximum atomic E-state index is 13.0. The van der Waals surface area contributed by atoms with Gasteiger partial charge in [-0.2, -0.15) is 5.26 Å². The van der Waals surface area contributed by atoms with Crippen LogP contribution in [0.5, 0.6) is 0 Å². The molecular weight excluding hydrogens is 318 g/mol. The highest BCUT2D eigenvalue weighted by atomic mass is 35.5. The number of aliphatic hydroxyl groups excluding tert-OH is 1. The van der Waals surface area contributed by atoms with Crippen LogP contribution in [-0.4, -0.2) is 40.6 Å². The first-order valence-corrected chi connectivity index (χ1v) is 7.73. The van der Waals surface area contributed by atoms with Gasteiger partial charge in [-0.05, 0) is 43.9 Å². The van der Waals surface area contributed by atoms with Gasteiger partial charge in [0.05, 0.1) is 22.4 Å². The van der Waals surface area contributed by atoms with E-state index in [0.29, 0.717) is 30.5 Å². The van der Waals surface area contributed by atoms with Crippen LogP contribution in [0.4, 0.5) is 10.5 Å². The topological polar surface area (TPSA) is 84.6 Å². The van der Waals surface area contributed by atoms with Crippen LogP contribution in [-0.2, 0) is 4.79 Å². The van der Waals surface area contributed by atoms with Crippen molar-refractivity contribution in [1.29, 1.82) is 5.26 Å². The summed E-state index contributed by atoms with van der Waals surface area (Å²) in [5.74, 6) is -0.432. The summed E-state index contributed by atoms with van der Waals surface area (Å²) in [5.41, 5.74) is -0.0580. The minimum Gasteiger partial charge on any atom is -0.390 e. The predicted molar refractivity (Wildman–Crippen MR) is 84.1 cm³/mol. The van der Waals surface area contributed by atoms with Crippen molar-refractivity contribution in [3.63, 3.8) is 0 Å². The molecule has 1 saturated heterocycles. The van der Waals surface area contributed by atoms with Crippen LogP contribution < -0.4 is 4.90 Å². The first-order chi connectivity index (χ1) is 10.9. The molecule has 1 heterocycles. The number of anilines is 1. The van der Waals surface area contributed by atoms with Gasteiger partial charge in [-0.3, -0.25) is 4.79 Å². The van der Waals surface area contributed by atoms with Crippen molar-refractivity contribution in [2.75, 3.05) is 11.9 Å². The smallest absolute Gasteiger partial charge is 0.332 e. The van der Waals surface area contributed by atoms with E-state index in [1.54, 1.807) is 13.0 Å². The van der Waals surface area contributed by atoms with E-state index < -0.39 is 23.6 Å². The molecule has 1 aliphatic heterocycles. The fourth-order valence-corrected chi connectivity index (χ4v) is 3.77. The molecule has 0 bridgehead atoms. The molecule has 1 N–H and O–H groups in total. The standard InChI is InChI=1S/C16H16ClN3O3/c1-9-11(6-5-10(8-18)13(9)17)20-14(22)16(19(2)15(20)23)7-3-4-12(16)21/h5-6,12,21H,3-4,7H2,1-2H3/t12-,16-/m0/s1. The van der Waals surface area contributed by atoms with Crippen LogP contribution >= 0.6 is 11.6 Å². The van der Waals surface area contributed by atoms with Gasteiger partial charge < -0.3 is 10.0 Å². The Morgan fingerprint density at radius 2 is 2.13 bits per heavy atom. The number of hydrogen-bond donors (Lipinski definition) is 1. The van der Waals surface area contributed by atoms with Crippen molar-refractivity contribution < 1.29 is 14.7 Å². The average Bonchev–Trinajstić information content (AvgIpc) is 3.00. The van der Waals surface area contributed by atoms with E-state index in [4.69, 9.17) is 16.9 Å². The van der Waals surface area contributed by atoms with Crippen LogP contribution in [0.2, 0.25) is 5.02 Å². The third kappa shape index (κ3) is 1.90. The summed E-state index contributed by atoms with van der Waals surface area (Å²) >= 11 is 6.15. The van der Waals surface area contributed by atoms with Gasteiger partial charge >= 0.3 is 6.03 Å². The largest absolute Gasteiger partial charge is 0.390 e. The lowest BCUT2D eigenvalue weighted by molar-refractivity contribution is -0.128. The Morgan fingerprint density at radius 3 is 2.70 bits per heavy atom. The zero-order valence-corrected chi connectivity index (χ0v) is 13.6. The van der Waals surface area contributed by atoms with Crippen molar-refractivity contribution in [3.05, 3.63) is 28.3 Å². The quantitative estimate of drug-likeness (QED) is 0.798. The monoisotopic (exact) mass is 333 g/mol. The van der Waals surface area contributed by atoms with Crippen LogP contribution in [0.3, 0.4) is 0 Å². The van der Waals surface area contributed by atoms with Gasteiger partial charge in [0.15, 0.2) is 0 Å². The maximum absolute atomic E-state index is 13.0. The molecule has 1 aromatic carbocycles. The molecule has 23 heavy (non-hydrogen) atoms. The van der Waals surface area contributed by atoms with Crippen LogP contribution in [0, 0.1) is 18.3 Å². The Bertz CT molecular complexity index is 758. The number of nitrogens with zero attached hydrogens (tertiary/aromatic N) is 3. The number of aliphatic hydroxyl groups is 1. The van der Waals surface area contributed by atoms with E-state index in [9.17, 15) is 14.7 Å². The molecule has 2 atom stereocenters.